The summed E-state index contributed by atoms with van der Waals surface area (Å²) in [4.78, 5) is 16.9. The molecule has 0 unspecified atom stereocenters. The summed E-state index contributed by atoms with van der Waals surface area (Å²) >= 11 is 9.36. The van der Waals surface area contributed by atoms with Gasteiger partial charge in [-0.3, -0.25) is 9.69 Å². The molecule has 4 nitrogen and oxygen atoms in total. The lowest BCUT2D eigenvalue weighted by Crippen LogP contribution is -2.48. The summed E-state index contributed by atoms with van der Waals surface area (Å²) in [5.41, 5.74) is 1.89. The molecule has 3 rings (SSSR count). The van der Waals surface area contributed by atoms with Gasteiger partial charge in [-0.05, 0) is 52.3 Å². The topological polar surface area (TPSA) is 35.6 Å². The third-order valence-electron chi connectivity index (χ3n) is 4.40. The van der Waals surface area contributed by atoms with Crippen LogP contribution in [-0.2, 0) is 0 Å². The van der Waals surface area contributed by atoms with Gasteiger partial charge in [-0.2, -0.15) is 0 Å². The van der Waals surface area contributed by atoms with E-state index in [4.69, 9.17) is 11.6 Å². The monoisotopic (exact) mass is 421 g/mol. The van der Waals surface area contributed by atoms with Gasteiger partial charge in [0, 0.05) is 54.5 Å². The molecule has 25 heavy (non-hydrogen) atoms. The van der Waals surface area contributed by atoms with Crippen LogP contribution in [0, 0.1) is 0 Å². The maximum Gasteiger partial charge on any atom is 0.252 e. The first-order chi connectivity index (χ1) is 12.1. The Hall–Kier alpha value is -1.56. The van der Waals surface area contributed by atoms with Crippen molar-refractivity contribution in [2.75, 3.05) is 44.2 Å². The van der Waals surface area contributed by atoms with Crippen LogP contribution in [-0.4, -0.2) is 50.1 Å². The second-order valence-electron chi connectivity index (χ2n) is 6.04. The largest absolute Gasteiger partial charge is 0.369 e. The SMILES string of the molecule is O=C(NCCN1CCN(c2ccc(Cl)cc2)CC1)c1ccccc1Br. The zero-order valence-corrected chi connectivity index (χ0v) is 16.3. The molecule has 1 aliphatic rings. The summed E-state index contributed by atoms with van der Waals surface area (Å²) in [6.45, 7) is 5.48. The van der Waals surface area contributed by atoms with E-state index >= 15 is 0 Å². The Balaban J connectivity index is 1.41. The van der Waals surface area contributed by atoms with Gasteiger partial charge < -0.3 is 10.2 Å². The minimum Gasteiger partial charge on any atom is -0.369 e. The Morgan fingerprint density at radius 2 is 1.72 bits per heavy atom. The molecule has 0 spiro atoms. The molecule has 0 bridgehead atoms. The number of amides is 1. The van der Waals surface area contributed by atoms with Crippen molar-refractivity contribution in [3.8, 4) is 0 Å². The number of hydrogen-bond acceptors (Lipinski definition) is 3. The molecule has 2 aromatic rings. The first kappa shape index (κ1) is 18.2. The van der Waals surface area contributed by atoms with E-state index in [1.807, 2.05) is 36.4 Å². The highest BCUT2D eigenvalue weighted by Gasteiger charge is 2.17. The van der Waals surface area contributed by atoms with Crippen LogP contribution < -0.4 is 10.2 Å². The number of anilines is 1. The fourth-order valence-electron chi connectivity index (χ4n) is 2.95. The summed E-state index contributed by atoms with van der Waals surface area (Å²) in [5.74, 6) is -0.0349. The van der Waals surface area contributed by atoms with Crippen LogP contribution >= 0.6 is 27.5 Å². The Morgan fingerprint density at radius 3 is 2.40 bits per heavy atom. The molecule has 6 heteroatoms. The van der Waals surface area contributed by atoms with Crippen molar-refractivity contribution in [2.45, 2.75) is 0 Å². The zero-order chi connectivity index (χ0) is 17.6. The minimum atomic E-state index is -0.0349. The van der Waals surface area contributed by atoms with Crippen LogP contribution in [0.25, 0.3) is 0 Å². The van der Waals surface area contributed by atoms with Gasteiger partial charge in [-0.25, -0.2) is 0 Å². The Morgan fingerprint density at radius 1 is 1.04 bits per heavy atom. The normalized spacial score (nSPS) is 15.2. The highest BCUT2D eigenvalue weighted by molar-refractivity contribution is 9.10. The molecule has 1 N–H and O–H groups in total. The molecule has 132 valence electrons. The molecule has 0 atom stereocenters. The highest BCUT2D eigenvalue weighted by atomic mass is 79.9. The van der Waals surface area contributed by atoms with Crippen LogP contribution in [0.1, 0.15) is 10.4 Å². The molecule has 0 aliphatic carbocycles. The number of halogens is 2. The maximum atomic E-state index is 12.2. The average molecular weight is 423 g/mol. The molecule has 1 amide bonds. The first-order valence-electron chi connectivity index (χ1n) is 8.39. The van der Waals surface area contributed by atoms with Crippen molar-refractivity contribution < 1.29 is 4.79 Å². The number of piperazine rings is 1. The Bertz CT molecular complexity index is 715. The Kier molecular flexibility index (Phi) is 6.34. The summed E-state index contributed by atoms with van der Waals surface area (Å²) in [6, 6.07) is 15.5. The van der Waals surface area contributed by atoms with Gasteiger partial charge in [-0.1, -0.05) is 23.7 Å². The van der Waals surface area contributed by atoms with Crippen LogP contribution in [0.4, 0.5) is 5.69 Å². The smallest absolute Gasteiger partial charge is 0.252 e. The molecular weight excluding hydrogens is 402 g/mol. The van der Waals surface area contributed by atoms with Crippen molar-refractivity contribution in [1.29, 1.82) is 0 Å². The van der Waals surface area contributed by atoms with E-state index in [0.29, 0.717) is 12.1 Å². The van der Waals surface area contributed by atoms with Gasteiger partial charge in [0.05, 0.1) is 5.56 Å². The molecule has 1 saturated heterocycles. The molecule has 1 fully saturated rings. The molecule has 1 aliphatic heterocycles. The van der Waals surface area contributed by atoms with Crippen molar-refractivity contribution in [3.05, 3.63) is 63.6 Å². The number of nitrogens with zero attached hydrogens (tertiary/aromatic N) is 2. The first-order valence-corrected chi connectivity index (χ1v) is 9.56. The van der Waals surface area contributed by atoms with Crippen LogP contribution in [0.3, 0.4) is 0 Å². The summed E-state index contributed by atoms with van der Waals surface area (Å²) in [5, 5.41) is 3.76. The van der Waals surface area contributed by atoms with Crippen molar-refractivity contribution in [2.24, 2.45) is 0 Å². The number of carbonyl (C=O) groups excluding carboxylic acids is 1. The lowest BCUT2D eigenvalue weighted by atomic mass is 10.2. The second-order valence-corrected chi connectivity index (χ2v) is 7.33. The Labute approximate surface area is 161 Å². The van der Waals surface area contributed by atoms with Gasteiger partial charge in [0.15, 0.2) is 0 Å². The average Bonchev–Trinajstić information content (AvgIpc) is 2.63. The molecule has 2 aromatic carbocycles. The van der Waals surface area contributed by atoms with Crippen LogP contribution in [0.2, 0.25) is 5.02 Å². The predicted molar refractivity (Wildman–Crippen MR) is 107 cm³/mol. The van der Waals surface area contributed by atoms with E-state index in [0.717, 1.165) is 42.2 Å². The van der Waals surface area contributed by atoms with Gasteiger partial charge >= 0.3 is 0 Å². The van der Waals surface area contributed by atoms with E-state index in [1.165, 1.54) is 5.69 Å². The number of nitrogens with one attached hydrogen (secondary N) is 1. The number of rotatable bonds is 5. The van der Waals surface area contributed by atoms with Gasteiger partial charge in [0.25, 0.3) is 5.91 Å². The van der Waals surface area contributed by atoms with Crippen molar-refractivity contribution >= 4 is 39.1 Å². The zero-order valence-electron chi connectivity index (χ0n) is 13.9. The number of benzene rings is 2. The molecular formula is C19H21BrClN3O. The van der Waals surface area contributed by atoms with E-state index in [2.05, 4.69) is 43.2 Å². The molecule has 0 saturated carbocycles. The van der Waals surface area contributed by atoms with Gasteiger partial charge in [0.1, 0.15) is 0 Å². The summed E-state index contributed by atoms with van der Waals surface area (Å²) in [6.07, 6.45) is 0. The molecule has 0 radical (unpaired) electrons. The van der Waals surface area contributed by atoms with Crippen molar-refractivity contribution in [3.63, 3.8) is 0 Å². The fraction of sp³-hybridized carbons (Fsp3) is 0.316. The summed E-state index contributed by atoms with van der Waals surface area (Å²) in [7, 11) is 0. The summed E-state index contributed by atoms with van der Waals surface area (Å²) < 4.78 is 0.823. The van der Waals surface area contributed by atoms with E-state index in [1.54, 1.807) is 0 Å². The van der Waals surface area contributed by atoms with E-state index in [9.17, 15) is 4.79 Å². The number of hydrogen-bond donors (Lipinski definition) is 1. The third kappa shape index (κ3) is 4.97. The van der Waals surface area contributed by atoms with E-state index in [-0.39, 0.29) is 5.91 Å². The quantitative estimate of drug-likeness (QED) is 0.799. The van der Waals surface area contributed by atoms with Gasteiger partial charge in [0.2, 0.25) is 0 Å². The standard InChI is InChI=1S/C19H21BrClN3O/c20-18-4-2-1-3-17(18)19(25)22-9-10-23-11-13-24(14-12-23)16-7-5-15(21)6-8-16/h1-8H,9-14H2,(H,22,25). The van der Waals surface area contributed by atoms with E-state index < -0.39 is 0 Å². The molecule has 0 aromatic heterocycles. The minimum absolute atomic E-state index is 0.0349. The van der Waals surface area contributed by atoms with Crippen LogP contribution in [0.5, 0.6) is 0 Å². The highest BCUT2D eigenvalue weighted by Crippen LogP contribution is 2.19. The fourth-order valence-corrected chi connectivity index (χ4v) is 3.54. The van der Waals surface area contributed by atoms with Gasteiger partial charge in [-0.15, -0.1) is 0 Å². The number of carbonyl (C=O) groups is 1. The van der Waals surface area contributed by atoms with Crippen LogP contribution in [0.15, 0.2) is 53.0 Å². The lowest BCUT2D eigenvalue weighted by molar-refractivity contribution is 0.0947. The predicted octanol–water partition coefficient (Wildman–Crippen LogP) is 3.65. The molecule has 1 heterocycles. The van der Waals surface area contributed by atoms with Crippen molar-refractivity contribution in [1.82, 2.24) is 10.2 Å². The lowest BCUT2D eigenvalue weighted by Gasteiger charge is -2.36. The second kappa shape index (κ2) is 8.70. The third-order valence-corrected chi connectivity index (χ3v) is 5.34. The maximum absolute atomic E-state index is 12.2.